The van der Waals surface area contributed by atoms with Crippen LogP contribution in [0.1, 0.15) is 112 Å². The van der Waals surface area contributed by atoms with Gasteiger partial charge in [0.25, 0.3) is 11.8 Å². The van der Waals surface area contributed by atoms with Crippen LogP contribution in [0.25, 0.3) is 11.2 Å². The Kier molecular flexibility index (Phi) is 14.9. The molecule has 3 aliphatic heterocycles. The fraction of sp³-hybridized carbons (Fsp3) is 0.426. The van der Waals surface area contributed by atoms with Crippen molar-refractivity contribution in [1.82, 2.24) is 38.8 Å². The van der Waals surface area contributed by atoms with Gasteiger partial charge in [0.05, 0.1) is 67.0 Å². The number of benzene rings is 3. The molecule has 6 aromatic rings. The van der Waals surface area contributed by atoms with Crippen LogP contribution in [0.2, 0.25) is 0 Å². The molecule has 2 N–H and O–H groups in total. The van der Waals surface area contributed by atoms with Gasteiger partial charge in [-0.25, -0.2) is 4.79 Å². The number of fused-ring (bicyclic) bond motifs is 2. The Hall–Kier alpha value is -7.00. The molecule has 6 heterocycles. The molecule has 3 atom stereocenters. The first-order valence-electron chi connectivity index (χ1n) is 25.2. The minimum Gasteiger partial charge on any atom is -0.382 e. The summed E-state index contributed by atoms with van der Waals surface area (Å²) in [5.41, 5.74) is 3.01. The number of ether oxygens (including phenoxy) is 3. The Morgan fingerprint density at radius 2 is 1.58 bits per heavy atom. The summed E-state index contributed by atoms with van der Waals surface area (Å²) in [5.74, 6) is -1.11. The predicted octanol–water partition coefficient (Wildman–Crippen LogP) is 6.79. The van der Waals surface area contributed by atoms with Gasteiger partial charge in [-0.05, 0) is 104 Å². The van der Waals surface area contributed by atoms with E-state index in [9.17, 15) is 37.1 Å². The second kappa shape index (κ2) is 21.8. The lowest BCUT2D eigenvalue weighted by molar-refractivity contribution is -0.137. The number of imidazole rings is 1. The minimum absolute atomic E-state index is 0.0215. The number of aromatic nitrogens is 5. The van der Waals surface area contributed by atoms with Crippen LogP contribution < -0.4 is 16.3 Å². The average molecular weight is 1020 g/mol. The number of anilines is 1. The molecule has 1 aliphatic carbocycles. The van der Waals surface area contributed by atoms with Crippen molar-refractivity contribution in [3.05, 3.63) is 147 Å². The van der Waals surface area contributed by atoms with Gasteiger partial charge >= 0.3 is 11.9 Å². The van der Waals surface area contributed by atoms with Gasteiger partial charge in [0.15, 0.2) is 0 Å². The number of piperidine rings is 1. The molecule has 388 valence electrons. The van der Waals surface area contributed by atoms with Crippen LogP contribution in [0.4, 0.5) is 18.9 Å². The Labute approximate surface area is 424 Å². The summed E-state index contributed by atoms with van der Waals surface area (Å²) in [6.07, 6.45) is 5.43. The molecule has 1 saturated carbocycles. The Bertz CT molecular complexity index is 3110. The predicted molar refractivity (Wildman–Crippen MR) is 264 cm³/mol. The van der Waals surface area contributed by atoms with E-state index in [1.54, 1.807) is 36.8 Å². The summed E-state index contributed by atoms with van der Waals surface area (Å²) in [4.78, 5) is 67.6. The standard InChI is InChI=1S/C54H58F3N9O8/c1-62-33-59-61-49(62)47(37-6-2-7-37)38-8-3-9-39(27-38)64-30-45-42(54(55,56)57)26-36(29-65(45)53(64)71)28-63-21-5-10-40(19-22-63)74-25-24-73-32-35-15-13-34(14-16-35)31-72-23-20-58-43-12-4-11-41-48(43)52(70)66(51(41)69)44-17-18-46(67)60-50(44)68/h3-4,8-9,11-16,26-27,29-30,33,37,40,44,47,58H,2,5-7,10,17-25,28,31-32H2,1H3,(H,60,67,68)/t40-,44?,47-/m1/s1. The van der Waals surface area contributed by atoms with Crippen molar-refractivity contribution in [1.29, 1.82) is 0 Å². The first kappa shape index (κ1) is 50.5. The summed E-state index contributed by atoms with van der Waals surface area (Å²) in [6, 6.07) is 20.4. The van der Waals surface area contributed by atoms with Crippen molar-refractivity contribution in [2.75, 3.05) is 44.8 Å². The van der Waals surface area contributed by atoms with E-state index < -0.39 is 47.1 Å². The number of rotatable bonds is 19. The summed E-state index contributed by atoms with van der Waals surface area (Å²) < 4.78 is 66.4. The van der Waals surface area contributed by atoms with Crippen LogP contribution in [0, 0.1) is 5.92 Å². The third-order valence-electron chi connectivity index (χ3n) is 14.6. The van der Waals surface area contributed by atoms with Crippen LogP contribution in [0.15, 0.2) is 96.3 Å². The fourth-order valence-electron chi connectivity index (χ4n) is 10.6. The van der Waals surface area contributed by atoms with Crippen LogP contribution in [0.3, 0.4) is 0 Å². The molecule has 0 radical (unpaired) electrons. The molecule has 3 fully saturated rings. The maximum atomic E-state index is 14.7. The van der Waals surface area contributed by atoms with E-state index in [1.165, 1.54) is 16.8 Å². The van der Waals surface area contributed by atoms with Crippen molar-refractivity contribution in [2.24, 2.45) is 13.0 Å². The topological polar surface area (TPSA) is 184 Å². The van der Waals surface area contributed by atoms with Gasteiger partial charge in [-0.1, -0.05) is 48.9 Å². The molecule has 4 amide bonds. The van der Waals surface area contributed by atoms with Crippen molar-refractivity contribution < 1.29 is 46.6 Å². The maximum Gasteiger partial charge on any atom is 0.418 e. The van der Waals surface area contributed by atoms with Gasteiger partial charge in [-0.15, -0.1) is 10.2 Å². The molecule has 3 aromatic heterocycles. The van der Waals surface area contributed by atoms with Crippen LogP contribution in [0.5, 0.6) is 0 Å². The second-order valence-corrected chi connectivity index (χ2v) is 19.6. The number of carbonyl (C=O) groups excluding carboxylic acids is 4. The van der Waals surface area contributed by atoms with Gasteiger partial charge in [0.1, 0.15) is 18.2 Å². The number of aryl methyl sites for hydroxylation is 1. The molecule has 74 heavy (non-hydrogen) atoms. The number of hydrogen-bond donors (Lipinski definition) is 2. The fourth-order valence-corrected chi connectivity index (χ4v) is 10.6. The van der Waals surface area contributed by atoms with E-state index in [0.717, 1.165) is 63.9 Å². The second-order valence-electron chi connectivity index (χ2n) is 19.6. The lowest BCUT2D eigenvalue weighted by Gasteiger charge is -2.33. The Morgan fingerprint density at radius 1 is 0.811 bits per heavy atom. The number of pyridine rings is 1. The molecular formula is C54H58F3N9O8. The normalized spacial score (nSPS) is 19.2. The van der Waals surface area contributed by atoms with Gasteiger partial charge < -0.3 is 24.1 Å². The molecule has 3 aromatic carbocycles. The Balaban J connectivity index is 0.663. The Morgan fingerprint density at radius 3 is 2.30 bits per heavy atom. The van der Waals surface area contributed by atoms with E-state index in [2.05, 4.69) is 25.7 Å². The zero-order valence-electron chi connectivity index (χ0n) is 41.0. The van der Waals surface area contributed by atoms with Crippen LogP contribution >= 0.6 is 0 Å². The molecule has 1 unspecified atom stereocenters. The lowest BCUT2D eigenvalue weighted by Crippen LogP contribution is -2.54. The number of alkyl halides is 3. The number of nitrogens with one attached hydrogen (secondary N) is 2. The SMILES string of the molecule is Cn1cnnc1[C@@H](c1cccc(-n2cc3c(C(F)(F)F)cc(CN4CCC[C@@H](OCCOCc5ccc(COCCNc6cccc7c6C(=O)N(C6CCC(=O)NC6=O)C7=O)cc5)CC4)cn3c2=O)c1)C1CCC1. The maximum absolute atomic E-state index is 14.7. The number of carbonyl (C=O) groups is 4. The van der Waals surface area contributed by atoms with Gasteiger partial charge in [0.2, 0.25) is 11.8 Å². The number of hydrogen-bond acceptors (Lipinski definition) is 12. The zero-order valence-corrected chi connectivity index (χ0v) is 41.0. The lowest BCUT2D eigenvalue weighted by atomic mass is 9.72. The highest BCUT2D eigenvalue weighted by Crippen LogP contribution is 2.43. The third-order valence-corrected chi connectivity index (χ3v) is 14.6. The van der Waals surface area contributed by atoms with Crippen molar-refractivity contribution in [3.63, 3.8) is 0 Å². The van der Waals surface area contributed by atoms with Gasteiger partial charge in [0, 0.05) is 57.1 Å². The third kappa shape index (κ3) is 10.8. The summed E-state index contributed by atoms with van der Waals surface area (Å²) in [5, 5.41) is 13.9. The van der Waals surface area contributed by atoms with Crippen molar-refractivity contribution in [3.8, 4) is 5.69 Å². The smallest absolute Gasteiger partial charge is 0.382 e. The number of imide groups is 2. The van der Waals surface area contributed by atoms with Gasteiger partial charge in [-0.3, -0.25) is 43.3 Å². The monoisotopic (exact) mass is 1020 g/mol. The number of halogens is 3. The van der Waals surface area contributed by atoms with Crippen LogP contribution in [-0.4, -0.2) is 109 Å². The molecule has 2 saturated heterocycles. The molecule has 4 aliphatic rings. The largest absolute Gasteiger partial charge is 0.418 e. The van der Waals surface area contributed by atoms with Crippen molar-refractivity contribution in [2.45, 2.75) is 95.4 Å². The van der Waals surface area contributed by atoms with Crippen LogP contribution in [-0.2, 0) is 56.8 Å². The first-order valence-corrected chi connectivity index (χ1v) is 25.2. The summed E-state index contributed by atoms with van der Waals surface area (Å²) in [7, 11) is 1.90. The van der Waals surface area contributed by atoms with E-state index in [0.29, 0.717) is 81.9 Å². The highest BCUT2D eigenvalue weighted by atomic mass is 19.4. The first-order chi connectivity index (χ1) is 35.8. The number of likely N-dealkylation sites (tertiary alicyclic amines) is 1. The highest BCUT2D eigenvalue weighted by Gasteiger charge is 2.46. The highest BCUT2D eigenvalue weighted by molar-refractivity contribution is 6.25. The molecule has 17 nitrogen and oxygen atoms in total. The zero-order chi connectivity index (χ0) is 51.5. The van der Waals surface area contributed by atoms with E-state index >= 15 is 0 Å². The molecule has 20 heteroatoms. The minimum atomic E-state index is -4.68. The number of amides is 4. The molecule has 10 rings (SSSR count). The quantitative estimate of drug-likeness (QED) is 0.0642. The van der Waals surface area contributed by atoms with E-state index in [1.807, 2.05) is 54.1 Å². The summed E-state index contributed by atoms with van der Waals surface area (Å²) in [6.45, 7) is 3.76. The molecule has 0 spiro atoms. The van der Waals surface area contributed by atoms with Gasteiger partial charge in [-0.2, -0.15) is 13.2 Å². The summed E-state index contributed by atoms with van der Waals surface area (Å²) >= 11 is 0. The van der Waals surface area contributed by atoms with Crippen molar-refractivity contribution >= 4 is 34.8 Å². The van der Waals surface area contributed by atoms with E-state index in [4.69, 9.17) is 14.2 Å². The molecular weight excluding hydrogens is 960 g/mol. The number of nitrogens with zero attached hydrogens (tertiary/aromatic N) is 7. The van der Waals surface area contributed by atoms with E-state index in [-0.39, 0.29) is 48.1 Å². The average Bonchev–Trinajstić information content (AvgIpc) is 3.96. The molecule has 0 bridgehead atoms.